The number of hydrogen-bond donors (Lipinski definition) is 9. The van der Waals surface area contributed by atoms with Crippen molar-refractivity contribution in [1.82, 2.24) is 14.5 Å². The molecule has 0 radical (unpaired) electrons. The summed E-state index contributed by atoms with van der Waals surface area (Å²) in [5.74, 6) is -0.910. The Labute approximate surface area is 171 Å². The van der Waals surface area contributed by atoms with Crippen LogP contribution in [0.25, 0.3) is 11.0 Å². The maximum atomic E-state index is 12.3. The number of aliphatic hydroxyl groups is 1. The van der Waals surface area contributed by atoms with E-state index < -0.39 is 58.2 Å². The Bertz CT molecular complexity index is 1170. The van der Waals surface area contributed by atoms with Crippen LogP contribution >= 0.6 is 15.6 Å². The topological polar surface area (TPSA) is 290 Å². The summed E-state index contributed by atoms with van der Waals surface area (Å²) in [6.07, 6.45) is -5.69. The second-order valence-electron chi connectivity index (χ2n) is 6.42. The maximum absolute atomic E-state index is 12.3. The van der Waals surface area contributed by atoms with Gasteiger partial charge in [-0.2, -0.15) is 4.98 Å². The van der Waals surface area contributed by atoms with Gasteiger partial charge in [0.2, 0.25) is 5.95 Å². The fraction of sp³-hybridized carbons (Fsp3) is 0.417. The molecule has 0 bridgehead atoms. The van der Waals surface area contributed by atoms with Gasteiger partial charge in [0.15, 0.2) is 11.9 Å². The van der Waals surface area contributed by atoms with Crippen molar-refractivity contribution < 1.29 is 47.6 Å². The van der Waals surface area contributed by atoms with Crippen molar-refractivity contribution in [3.8, 4) is 0 Å². The lowest BCUT2D eigenvalue weighted by Gasteiger charge is -2.22. The number of nitrogen functional groups attached to an aromatic ring is 2. The zero-order valence-electron chi connectivity index (χ0n) is 15.2. The van der Waals surface area contributed by atoms with E-state index in [4.69, 9.17) is 31.4 Å². The summed E-state index contributed by atoms with van der Waals surface area (Å²) < 4.78 is 37.7. The molecule has 1 saturated heterocycles. The molecule has 1 aliphatic heterocycles. The third-order valence-electron chi connectivity index (χ3n) is 4.24. The maximum Gasteiger partial charge on any atom is 0.470 e. The van der Waals surface area contributed by atoms with Gasteiger partial charge in [-0.15, -0.1) is 0 Å². The van der Waals surface area contributed by atoms with Gasteiger partial charge in [-0.1, -0.05) is 0 Å². The van der Waals surface area contributed by atoms with E-state index in [2.05, 4.69) is 19.0 Å². The summed E-state index contributed by atoms with van der Waals surface area (Å²) in [6.45, 7) is -0.877. The molecule has 0 saturated carbocycles. The van der Waals surface area contributed by atoms with Crippen LogP contribution in [0.1, 0.15) is 11.8 Å². The molecule has 4 atom stereocenters. The summed E-state index contributed by atoms with van der Waals surface area (Å²) in [6, 6.07) is 0. The molecule has 0 amide bonds. The summed E-state index contributed by atoms with van der Waals surface area (Å²) >= 11 is 0. The van der Waals surface area contributed by atoms with Crippen LogP contribution in [0.15, 0.2) is 11.0 Å². The molecule has 0 aliphatic carbocycles. The predicted molar refractivity (Wildman–Crippen MR) is 101 cm³/mol. The molecule has 3 heterocycles. The first-order valence-corrected chi connectivity index (χ1v) is 11.3. The van der Waals surface area contributed by atoms with Crippen molar-refractivity contribution in [2.45, 2.75) is 24.5 Å². The number of H-pyrrole nitrogens is 1. The molecular formula is C12H18N6O11P2. The Morgan fingerprint density at radius 2 is 1.97 bits per heavy atom. The van der Waals surface area contributed by atoms with E-state index in [0.717, 1.165) is 10.8 Å². The molecule has 1 fully saturated rings. The summed E-state index contributed by atoms with van der Waals surface area (Å²) in [5, 5.41) is 17.9. The quantitative estimate of drug-likeness (QED) is 0.111. The first kappa shape index (κ1) is 23.5. The highest BCUT2D eigenvalue weighted by Crippen LogP contribution is 2.46. The van der Waals surface area contributed by atoms with Crippen molar-refractivity contribution >= 4 is 38.5 Å². The van der Waals surface area contributed by atoms with Gasteiger partial charge in [0, 0.05) is 11.8 Å². The number of aliphatic hydroxyl groups excluding tert-OH is 1. The molecule has 2 aromatic heterocycles. The van der Waals surface area contributed by atoms with Gasteiger partial charge in [0.05, 0.1) is 12.0 Å². The minimum Gasteiger partial charge on any atom is -0.387 e. The number of hydrogen-bond acceptors (Lipinski definition) is 10. The lowest BCUT2D eigenvalue weighted by molar-refractivity contribution is -0.0496. The summed E-state index contributed by atoms with van der Waals surface area (Å²) in [5.41, 5.74) is 9.90. The Hall–Kier alpha value is -2.17. The molecule has 0 aromatic carbocycles. The van der Waals surface area contributed by atoms with E-state index in [9.17, 15) is 28.8 Å². The van der Waals surface area contributed by atoms with Gasteiger partial charge >= 0.3 is 15.6 Å². The van der Waals surface area contributed by atoms with Crippen LogP contribution in [-0.4, -0.2) is 70.0 Å². The number of ether oxygens (including phenoxy) is 1. The first-order valence-electron chi connectivity index (χ1n) is 8.20. The number of fused-ring (bicyclic) bond motifs is 1. The Kier molecular flexibility index (Phi) is 6.11. The predicted octanol–water partition coefficient (Wildman–Crippen LogP) is -2.56. The number of nitrogens with zero attached hydrogens (tertiary/aromatic N) is 2. The van der Waals surface area contributed by atoms with Crippen LogP contribution in [0.4, 0.5) is 5.95 Å². The van der Waals surface area contributed by atoms with E-state index in [1.54, 1.807) is 0 Å². The lowest BCUT2D eigenvalue weighted by Crippen LogP contribution is -2.35. The zero-order chi connectivity index (χ0) is 23.3. The SMILES string of the molecule is N=C(N)c1cn([C@@H]2O[C@H](COP(=O)(O)O)[C@@H](O)[C@H]2OP(=O)(O)O)c2nc(N)[nH]c(=O)c12. The second-order valence-corrected chi connectivity index (χ2v) is 8.85. The smallest absolute Gasteiger partial charge is 0.387 e. The van der Waals surface area contributed by atoms with Crippen LogP contribution in [0.3, 0.4) is 0 Å². The minimum absolute atomic E-state index is 0.133. The Balaban J connectivity index is 2.13. The van der Waals surface area contributed by atoms with Crippen molar-refractivity contribution in [3.63, 3.8) is 0 Å². The number of phosphoric ester groups is 2. The highest BCUT2D eigenvalue weighted by molar-refractivity contribution is 7.46. The largest absolute Gasteiger partial charge is 0.470 e. The van der Waals surface area contributed by atoms with Crippen molar-refractivity contribution in [1.29, 1.82) is 5.41 Å². The van der Waals surface area contributed by atoms with Crippen LogP contribution in [0.2, 0.25) is 0 Å². The number of aromatic amines is 1. The number of nitrogens with two attached hydrogens (primary N) is 2. The second kappa shape index (κ2) is 8.07. The highest BCUT2D eigenvalue weighted by atomic mass is 31.2. The van der Waals surface area contributed by atoms with Gasteiger partial charge in [-0.3, -0.25) is 24.2 Å². The van der Waals surface area contributed by atoms with Crippen molar-refractivity contribution in [2.24, 2.45) is 5.73 Å². The van der Waals surface area contributed by atoms with Crippen LogP contribution in [-0.2, 0) is 22.9 Å². The Morgan fingerprint density at radius 1 is 1.32 bits per heavy atom. The van der Waals surface area contributed by atoms with Crippen molar-refractivity contribution in [3.05, 3.63) is 22.1 Å². The lowest BCUT2D eigenvalue weighted by atomic mass is 10.1. The number of phosphoric acid groups is 2. The third-order valence-corrected chi connectivity index (χ3v) is 5.25. The number of aromatic nitrogens is 3. The molecule has 0 unspecified atom stereocenters. The highest BCUT2D eigenvalue weighted by Gasteiger charge is 2.49. The molecule has 0 spiro atoms. The van der Waals surface area contributed by atoms with Gasteiger partial charge < -0.3 is 45.5 Å². The van der Waals surface area contributed by atoms with Crippen LogP contribution in [0.5, 0.6) is 0 Å². The molecule has 2 aromatic rings. The Morgan fingerprint density at radius 3 is 2.52 bits per heavy atom. The summed E-state index contributed by atoms with van der Waals surface area (Å²) in [4.78, 5) is 54.6. The van der Waals surface area contributed by atoms with E-state index in [-0.39, 0.29) is 22.5 Å². The number of amidine groups is 1. The van der Waals surface area contributed by atoms with Gasteiger partial charge in [0.1, 0.15) is 24.1 Å². The average Bonchev–Trinajstić information content (AvgIpc) is 3.10. The van der Waals surface area contributed by atoms with E-state index >= 15 is 0 Å². The first-order chi connectivity index (χ1) is 14.2. The zero-order valence-corrected chi connectivity index (χ0v) is 17.0. The number of anilines is 1. The number of rotatable bonds is 7. The molecule has 31 heavy (non-hydrogen) atoms. The monoisotopic (exact) mass is 484 g/mol. The minimum atomic E-state index is -5.21. The van der Waals surface area contributed by atoms with Gasteiger partial charge in [-0.25, -0.2) is 9.13 Å². The number of nitrogens with one attached hydrogen (secondary N) is 2. The molecular weight excluding hydrogens is 466 g/mol. The third kappa shape index (κ3) is 5.02. The molecule has 3 rings (SSSR count). The molecule has 17 nitrogen and oxygen atoms in total. The molecule has 1 aliphatic rings. The van der Waals surface area contributed by atoms with Gasteiger partial charge in [-0.05, 0) is 0 Å². The van der Waals surface area contributed by atoms with Crippen LogP contribution < -0.4 is 17.0 Å². The average molecular weight is 484 g/mol. The normalized spacial score (nSPS) is 24.7. The van der Waals surface area contributed by atoms with Crippen LogP contribution in [0, 0.1) is 5.41 Å². The van der Waals surface area contributed by atoms with E-state index in [1.807, 2.05) is 0 Å². The van der Waals surface area contributed by atoms with E-state index in [1.165, 1.54) is 0 Å². The van der Waals surface area contributed by atoms with E-state index in [0.29, 0.717) is 0 Å². The molecule has 172 valence electrons. The standard InChI is InChI=1S/C12H18N6O11P2/c13-8(14)3-1-18(9-5(3)10(20)17-12(15)16-9)11-7(29-31(24,25)26)6(19)4(28-11)2-27-30(21,22)23/h1,4,6-7,11,19H,2H2,(H3,13,14)(H2,21,22,23)(H2,24,25,26)(H3,15,16,17,20)/t4-,6-,7-,11-/m1/s1. The van der Waals surface area contributed by atoms with Gasteiger partial charge in [0.25, 0.3) is 5.56 Å². The fourth-order valence-corrected chi connectivity index (χ4v) is 3.98. The molecule has 19 heteroatoms. The molecule has 11 N–H and O–H groups in total. The summed E-state index contributed by atoms with van der Waals surface area (Å²) in [7, 11) is -10.2. The fourth-order valence-electron chi connectivity index (χ4n) is 3.09. The van der Waals surface area contributed by atoms with Crippen molar-refractivity contribution in [2.75, 3.05) is 12.3 Å².